The molecular formula is C5H10INS3. The van der Waals surface area contributed by atoms with Crippen LogP contribution in [-0.2, 0) is 0 Å². The van der Waals surface area contributed by atoms with Crippen LogP contribution < -0.4 is 5.32 Å². The molecule has 0 aliphatic carbocycles. The van der Waals surface area contributed by atoms with E-state index in [1.165, 1.54) is 0 Å². The average molecular weight is 307 g/mol. The topological polar surface area (TPSA) is 12.0 Å². The summed E-state index contributed by atoms with van der Waals surface area (Å²) in [5.41, 5.74) is 0. The molecule has 5 heteroatoms. The summed E-state index contributed by atoms with van der Waals surface area (Å²) in [5.74, 6) is 2.13. The van der Waals surface area contributed by atoms with Crippen molar-refractivity contribution in [2.75, 3.05) is 11.6 Å². The fourth-order valence-corrected chi connectivity index (χ4v) is 4.22. The molecule has 1 atom stereocenters. The van der Waals surface area contributed by atoms with Crippen molar-refractivity contribution in [2.24, 2.45) is 0 Å². The Morgan fingerprint density at radius 1 is 1.80 bits per heavy atom. The lowest BCUT2D eigenvalue weighted by Crippen LogP contribution is -2.15. The molecule has 0 spiro atoms. The summed E-state index contributed by atoms with van der Waals surface area (Å²) in [6.07, 6.45) is 1.94. The summed E-state index contributed by atoms with van der Waals surface area (Å²) in [7, 11) is 3.79. The molecule has 0 saturated carbocycles. The van der Waals surface area contributed by atoms with Crippen LogP contribution in [-0.4, -0.2) is 16.3 Å². The van der Waals surface area contributed by atoms with Crippen molar-refractivity contribution in [3.63, 3.8) is 0 Å². The third-order valence-corrected chi connectivity index (χ3v) is 4.89. The SMILES string of the molecule is C=CCSC1NCSS1.I. The normalized spacial score (nSPS) is 23.8. The van der Waals surface area contributed by atoms with Gasteiger partial charge in [-0.2, -0.15) is 0 Å². The average Bonchev–Trinajstić information content (AvgIpc) is 2.34. The highest BCUT2D eigenvalue weighted by Crippen LogP contribution is 2.36. The van der Waals surface area contributed by atoms with Gasteiger partial charge in [0, 0.05) is 5.75 Å². The highest BCUT2D eigenvalue weighted by atomic mass is 127. The molecule has 0 aromatic rings. The Kier molecular flexibility index (Phi) is 8.20. The highest BCUT2D eigenvalue weighted by Gasteiger charge is 2.13. The Labute approximate surface area is 91.0 Å². The Bertz CT molecular complexity index is 94.9. The first kappa shape index (κ1) is 11.5. The Morgan fingerprint density at radius 3 is 3.10 bits per heavy atom. The fraction of sp³-hybridized carbons (Fsp3) is 0.600. The summed E-state index contributed by atoms with van der Waals surface area (Å²) < 4.78 is 0.591. The number of halogens is 1. The van der Waals surface area contributed by atoms with E-state index < -0.39 is 0 Å². The summed E-state index contributed by atoms with van der Waals surface area (Å²) in [4.78, 5) is 0. The lowest BCUT2D eigenvalue weighted by molar-refractivity contribution is 0.923. The zero-order valence-electron chi connectivity index (χ0n) is 5.41. The lowest BCUT2D eigenvalue weighted by atomic mass is 10.8. The molecule has 1 aliphatic heterocycles. The molecule has 1 aliphatic rings. The lowest BCUT2D eigenvalue weighted by Gasteiger charge is -2.03. The molecule has 1 unspecified atom stereocenters. The van der Waals surface area contributed by atoms with Gasteiger partial charge < -0.3 is 0 Å². The third-order valence-electron chi connectivity index (χ3n) is 0.830. The number of nitrogens with one attached hydrogen (secondary N) is 1. The van der Waals surface area contributed by atoms with Crippen LogP contribution in [0, 0.1) is 0 Å². The summed E-state index contributed by atoms with van der Waals surface area (Å²) in [6, 6.07) is 0. The van der Waals surface area contributed by atoms with Gasteiger partial charge in [0.25, 0.3) is 0 Å². The van der Waals surface area contributed by atoms with Crippen molar-refractivity contribution >= 4 is 57.3 Å². The molecule has 1 rings (SSSR count). The second kappa shape index (κ2) is 7.15. The molecule has 1 N–H and O–H groups in total. The Hall–Kier alpha value is 1.48. The minimum absolute atomic E-state index is 0. The van der Waals surface area contributed by atoms with Crippen LogP contribution >= 0.6 is 57.3 Å². The van der Waals surface area contributed by atoms with Gasteiger partial charge in [-0.05, 0) is 0 Å². The largest absolute Gasteiger partial charge is 0.286 e. The van der Waals surface area contributed by atoms with E-state index >= 15 is 0 Å². The maximum Gasteiger partial charge on any atom is 0.111 e. The summed E-state index contributed by atoms with van der Waals surface area (Å²) >= 11 is 1.90. The second-order valence-electron chi connectivity index (χ2n) is 1.52. The minimum Gasteiger partial charge on any atom is -0.286 e. The first-order valence-corrected chi connectivity index (χ1v) is 6.10. The van der Waals surface area contributed by atoms with Crippen LogP contribution in [0.1, 0.15) is 0 Å². The number of hydrogen-bond donors (Lipinski definition) is 1. The first-order valence-electron chi connectivity index (χ1n) is 2.67. The van der Waals surface area contributed by atoms with E-state index in [9.17, 15) is 0 Å². The van der Waals surface area contributed by atoms with Gasteiger partial charge in [-0.3, -0.25) is 5.32 Å². The molecule has 0 radical (unpaired) electrons. The van der Waals surface area contributed by atoms with Crippen molar-refractivity contribution in [3.8, 4) is 0 Å². The molecule has 1 fully saturated rings. The molecule has 1 heterocycles. The molecule has 0 amide bonds. The summed E-state index contributed by atoms with van der Waals surface area (Å²) in [5, 5.41) is 3.33. The molecule has 10 heavy (non-hydrogen) atoms. The Balaban J connectivity index is 0.000000810. The van der Waals surface area contributed by atoms with E-state index in [0.29, 0.717) is 4.71 Å². The monoisotopic (exact) mass is 307 g/mol. The van der Waals surface area contributed by atoms with Crippen LogP contribution in [0.5, 0.6) is 0 Å². The number of thioether (sulfide) groups is 1. The van der Waals surface area contributed by atoms with Crippen LogP contribution in [0.4, 0.5) is 0 Å². The van der Waals surface area contributed by atoms with E-state index in [4.69, 9.17) is 0 Å². The molecule has 1 saturated heterocycles. The van der Waals surface area contributed by atoms with Gasteiger partial charge in [0.2, 0.25) is 0 Å². The van der Waals surface area contributed by atoms with Gasteiger partial charge in [-0.1, -0.05) is 27.7 Å². The zero-order chi connectivity index (χ0) is 6.53. The van der Waals surface area contributed by atoms with Crippen LogP contribution in [0.3, 0.4) is 0 Å². The number of hydrogen-bond acceptors (Lipinski definition) is 4. The predicted octanol–water partition coefficient (Wildman–Crippen LogP) is 2.75. The maximum atomic E-state index is 3.66. The van der Waals surface area contributed by atoms with E-state index in [0.717, 1.165) is 11.6 Å². The molecule has 60 valence electrons. The second-order valence-corrected chi connectivity index (χ2v) is 5.43. The number of rotatable bonds is 3. The van der Waals surface area contributed by atoms with E-state index in [-0.39, 0.29) is 24.0 Å². The molecule has 0 aromatic carbocycles. The van der Waals surface area contributed by atoms with Gasteiger partial charge in [-0.15, -0.1) is 42.3 Å². The van der Waals surface area contributed by atoms with E-state index in [2.05, 4.69) is 11.9 Å². The maximum absolute atomic E-state index is 3.66. The van der Waals surface area contributed by atoms with E-state index in [1.54, 1.807) is 0 Å². The highest BCUT2D eigenvalue weighted by molar-refractivity contribution is 14.0. The minimum atomic E-state index is 0. The van der Waals surface area contributed by atoms with Crippen molar-refractivity contribution in [1.82, 2.24) is 5.32 Å². The Morgan fingerprint density at radius 2 is 2.60 bits per heavy atom. The van der Waals surface area contributed by atoms with Crippen LogP contribution in [0.15, 0.2) is 12.7 Å². The van der Waals surface area contributed by atoms with Gasteiger partial charge in [0.05, 0.1) is 5.88 Å². The van der Waals surface area contributed by atoms with Gasteiger partial charge in [0.15, 0.2) is 0 Å². The predicted molar refractivity (Wildman–Crippen MR) is 65.0 cm³/mol. The molecule has 0 bridgehead atoms. The van der Waals surface area contributed by atoms with Crippen molar-refractivity contribution in [2.45, 2.75) is 4.71 Å². The molecule has 0 aromatic heterocycles. The van der Waals surface area contributed by atoms with E-state index in [1.807, 2.05) is 39.4 Å². The van der Waals surface area contributed by atoms with Crippen LogP contribution in [0.2, 0.25) is 0 Å². The third kappa shape index (κ3) is 4.38. The first-order chi connectivity index (χ1) is 4.43. The molecular weight excluding hydrogens is 297 g/mol. The quantitative estimate of drug-likeness (QED) is 0.488. The zero-order valence-corrected chi connectivity index (χ0v) is 10.2. The fourth-order valence-electron chi connectivity index (χ4n) is 0.474. The van der Waals surface area contributed by atoms with Crippen molar-refractivity contribution in [1.29, 1.82) is 0 Å². The van der Waals surface area contributed by atoms with Gasteiger partial charge in [0.1, 0.15) is 4.71 Å². The standard InChI is InChI=1S/C5H9NS3.HI/c1-2-3-7-5-6-4-8-9-5;/h2,5-6H,1,3-4H2;1H. The van der Waals surface area contributed by atoms with Crippen LogP contribution in [0.25, 0.3) is 0 Å². The van der Waals surface area contributed by atoms with Crippen molar-refractivity contribution < 1.29 is 0 Å². The summed E-state index contributed by atoms with van der Waals surface area (Å²) in [6.45, 7) is 3.66. The van der Waals surface area contributed by atoms with Gasteiger partial charge >= 0.3 is 0 Å². The smallest absolute Gasteiger partial charge is 0.111 e. The van der Waals surface area contributed by atoms with Gasteiger partial charge in [-0.25, -0.2) is 0 Å². The molecule has 1 nitrogen and oxygen atoms in total. The van der Waals surface area contributed by atoms with Crippen molar-refractivity contribution in [3.05, 3.63) is 12.7 Å².